The normalized spacial score (nSPS) is 12.6. The number of carboxylic acids is 1. The van der Waals surface area contributed by atoms with Crippen LogP contribution in [0.3, 0.4) is 0 Å². The lowest BCUT2D eigenvalue weighted by Gasteiger charge is -2.28. The van der Waals surface area contributed by atoms with E-state index in [1.807, 2.05) is 12.1 Å². The summed E-state index contributed by atoms with van der Waals surface area (Å²) < 4.78 is 21.3. The van der Waals surface area contributed by atoms with Gasteiger partial charge in [0.1, 0.15) is 24.0 Å². The Morgan fingerprint density at radius 3 is 2.29 bits per heavy atom. The second kappa shape index (κ2) is 10.1. The number of fused-ring (bicyclic) bond motifs is 1. The highest BCUT2D eigenvalue weighted by molar-refractivity contribution is 6.30. The van der Waals surface area contributed by atoms with Crippen LogP contribution in [0.25, 0.3) is 22.2 Å². The van der Waals surface area contributed by atoms with Crippen LogP contribution in [0, 0.1) is 0 Å². The van der Waals surface area contributed by atoms with Crippen molar-refractivity contribution in [3.8, 4) is 11.1 Å². The Hall–Kier alpha value is -3.04. The zero-order valence-electron chi connectivity index (χ0n) is 20.2. The van der Waals surface area contributed by atoms with Crippen LogP contribution < -0.4 is 16.0 Å². The summed E-state index contributed by atoms with van der Waals surface area (Å²) in [5.41, 5.74) is 2.14. The molecule has 0 radical (unpaired) electrons. The Morgan fingerprint density at radius 1 is 1.18 bits per heavy atom. The molecule has 34 heavy (non-hydrogen) atoms. The Labute approximate surface area is 203 Å². The first kappa shape index (κ1) is 25.6. The molecule has 0 unspecified atom stereocenters. The van der Waals surface area contributed by atoms with E-state index in [0.29, 0.717) is 44.5 Å². The summed E-state index contributed by atoms with van der Waals surface area (Å²) in [5.74, 6) is -0.177. The van der Waals surface area contributed by atoms with Crippen LogP contribution in [0.4, 0.5) is 21.7 Å². The predicted molar refractivity (Wildman–Crippen MR) is 136 cm³/mol. The highest BCUT2D eigenvalue weighted by Crippen LogP contribution is 2.47. The van der Waals surface area contributed by atoms with E-state index in [1.165, 1.54) is 0 Å². The molecule has 4 N–H and O–H groups in total. The molecular formula is C24H31ClFN5O3. The summed E-state index contributed by atoms with van der Waals surface area (Å²) in [5, 5.41) is 20.8. The number of aryl methyl sites for hydroxylation is 1. The number of nitrogens with one attached hydrogen (secondary N) is 3. The molecule has 0 aliphatic rings. The lowest BCUT2D eigenvalue weighted by atomic mass is 9.93. The lowest BCUT2D eigenvalue weighted by Crippen LogP contribution is -2.28. The number of benzene rings is 1. The minimum absolute atomic E-state index is 0.0742. The minimum atomic E-state index is -1.32. The molecule has 0 saturated heterocycles. The fourth-order valence-electron chi connectivity index (χ4n) is 4.13. The Balaban J connectivity index is 2.58. The van der Waals surface area contributed by atoms with Crippen LogP contribution in [-0.2, 0) is 16.1 Å². The minimum Gasteiger partial charge on any atom is -0.479 e. The van der Waals surface area contributed by atoms with E-state index in [-0.39, 0.29) is 6.54 Å². The molecule has 3 aromatic rings. The summed E-state index contributed by atoms with van der Waals surface area (Å²) in [6, 6.07) is 7.12. The third-order valence-electron chi connectivity index (χ3n) is 5.35. The Bertz CT molecular complexity index is 1190. The quantitative estimate of drug-likeness (QED) is 0.318. The maximum absolute atomic E-state index is 13.6. The van der Waals surface area contributed by atoms with Gasteiger partial charge in [0.2, 0.25) is 0 Å². The number of carbonyl (C=O) groups is 1. The average Bonchev–Trinajstić information content (AvgIpc) is 3.08. The number of halogens is 2. The number of pyridine rings is 1. The molecule has 0 fully saturated rings. The number of carboxylic acid groups (broad SMARTS) is 1. The third kappa shape index (κ3) is 4.76. The summed E-state index contributed by atoms with van der Waals surface area (Å²) >= 11 is 6.16. The van der Waals surface area contributed by atoms with Gasteiger partial charge in [-0.2, -0.15) is 0 Å². The van der Waals surface area contributed by atoms with E-state index in [4.69, 9.17) is 21.3 Å². The van der Waals surface area contributed by atoms with E-state index in [2.05, 4.69) is 16.0 Å². The maximum atomic E-state index is 13.6. The van der Waals surface area contributed by atoms with Gasteiger partial charge in [0, 0.05) is 37.3 Å². The predicted octanol–water partition coefficient (Wildman–Crippen LogP) is 5.39. The van der Waals surface area contributed by atoms with Gasteiger partial charge in [0.05, 0.1) is 23.2 Å². The summed E-state index contributed by atoms with van der Waals surface area (Å²) in [6.07, 6.45) is -1.32. The molecule has 2 aromatic heterocycles. The van der Waals surface area contributed by atoms with Crippen molar-refractivity contribution in [2.45, 2.75) is 39.0 Å². The number of rotatable bonds is 9. The first-order valence-corrected chi connectivity index (χ1v) is 11.3. The molecule has 1 aromatic carbocycles. The van der Waals surface area contributed by atoms with E-state index in [9.17, 15) is 14.3 Å². The number of aromatic nitrogens is 2. The van der Waals surface area contributed by atoms with E-state index in [1.54, 1.807) is 58.6 Å². The summed E-state index contributed by atoms with van der Waals surface area (Å²) in [7, 11) is 5.17. The van der Waals surface area contributed by atoms with Gasteiger partial charge in [-0.3, -0.25) is 0 Å². The van der Waals surface area contributed by atoms with Crippen LogP contribution in [0.5, 0.6) is 0 Å². The van der Waals surface area contributed by atoms with Gasteiger partial charge >= 0.3 is 5.97 Å². The molecule has 0 bridgehead atoms. The number of aliphatic carboxylic acids is 1. The van der Waals surface area contributed by atoms with Gasteiger partial charge in [-0.15, -0.1) is 0 Å². The van der Waals surface area contributed by atoms with Crippen LogP contribution in [-0.4, -0.2) is 54.0 Å². The van der Waals surface area contributed by atoms with Crippen molar-refractivity contribution in [1.82, 2.24) is 9.55 Å². The summed E-state index contributed by atoms with van der Waals surface area (Å²) in [6.45, 7) is 4.87. The number of hydrogen-bond donors (Lipinski definition) is 4. The van der Waals surface area contributed by atoms with Gasteiger partial charge in [-0.05, 0) is 38.5 Å². The molecule has 0 saturated carbocycles. The highest BCUT2D eigenvalue weighted by atomic mass is 35.5. The van der Waals surface area contributed by atoms with E-state index < -0.39 is 24.3 Å². The topological polar surface area (TPSA) is 100 Å². The van der Waals surface area contributed by atoms with Crippen LogP contribution in [0.2, 0.25) is 5.02 Å². The molecule has 3 rings (SSSR count). The number of alkyl halides is 1. The zero-order chi connectivity index (χ0) is 25.2. The SMILES string of the molecule is CNc1nc2c(c(NC)c(NC)n2CCF)c(-c2ccc(Cl)cc2)c1[C@H](OC(C)(C)C)C(=O)O. The molecular weight excluding hydrogens is 461 g/mol. The smallest absolute Gasteiger partial charge is 0.337 e. The number of ether oxygens (including phenoxy) is 1. The van der Waals surface area contributed by atoms with Crippen molar-refractivity contribution < 1.29 is 19.0 Å². The number of nitrogens with zero attached hydrogens (tertiary/aromatic N) is 2. The second-order valence-electron chi connectivity index (χ2n) is 8.72. The van der Waals surface area contributed by atoms with E-state index in [0.717, 1.165) is 5.56 Å². The monoisotopic (exact) mass is 491 g/mol. The summed E-state index contributed by atoms with van der Waals surface area (Å²) in [4.78, 5) is 17.3. The van der Waals surface area contributed by atoms with Crippen molar-refractivity contribution in [3.63, 3.8) is 0 Å². The van der Waals surface area contributed by atoms with Gasteiger partial charge in [-0.25, -0.2) is 14.2 Å². The molecule has 1 atom stereocenters. The van der Waals surface area contributed by atoms with E-state index >= 15 is 0 Å². The Kier molecular flexibility index (Phi) is 7.57. The fourth-order valence-corrected chi connectivity index (χ4v) is 4.26. The van der Waals surface area contributed by atoms with Crippen LogP contribution in [0.1, 0.15) is 32.4 Å². The molecule has 0 aliphatic carbocycles. The number of hydrogen-bond acceptors (Lipinski definition) is 6. The van der Waals surface area contributed by atoms with Crippen molar-refractivity contribution in [1.29, 1.82) is 0 Å². The largest absolute Gasteiger partial charge is 0.479 e. The van der Waals surface area contributed by atoms with Crippen molar-refractivity contribution in [3.05, 3.63) is 34.9 Å². The molecule has 8 nitrogen and oxygen atoms in total. The molecule has 0 amide bonds. The lowest BCUT2D eigenvalue weighted by molar-refractivity contribution is -0.160. The zero-order valence-corrected chi connectivity index (χ0v) is 21.0. The first-order valence-electron chi connectivity index (χ1n) is 10.9. The molecule has 184 valence electrons. The second-order valence-corrected chi connectivity index (χ2v) is 9.15. The van der Waals surface area contributed by atoms with Crippen molar-refractivity contribution in [2.75, 3.05) is 43.8 Å². The molecule has 2 heterocycles. The molecule has 0 spiro atoms. The fraction of sp³-hybridized carbons (Fsp3) is 0.417. The van der Waals surface area contributed by atoms with Gasteiger partial charge in [0.15, 0.2) is 6.10 Å². The van der Waals surface area contributed by atoms with Crippen molar-refractivity contribution in [2.24, 2.45) is 0 Å². The molecule has 0 aliphatic heterocycles. The van der Waals surface area contributed by atoms with Gasteiger partial charge in [0.25, 0.3) is 0 Å². The number of anilines is 3. The third-order valence-corrected chi connectivity index (χ3v) is 5.60. The van der Waals surface area contributed by atoms with Gasteiger partial charge < -0.3 is 30.4 Å². The van der Waals surface area contributed by atoms with Crippen LogP contribution >= 0.6 is 11.6 Å². The van der Waals surface area contributed by atoms with Crippen LogP contribution in [0.15, 0.2) is 24.3 Å². The Morgan fingerprint density at radius 2 is 1.82 bits per heavy atom. The van der Waals surface area contributed by atoms with Gasteiger partial charge in [-0.1, -0.05) is 23.7 Å². The molecule has 10 heteroatoms. The first-order chi connectivity index (χ1) is 16.1. The highest BCUT2D eigenvalue weighted by Gasteiger charge is 2.35. The maximum Gasteiger partial charge on any atom is 0.337 e. The average molecular weight is 492 g/mol. The standard InChI is InChI=1S/C24H31ClFN5O3/c1-24(2,3)34-19(23(32)33)17-15(13-7-9-14(25)10-8-13)16-18(27-4)22(29-6)31(12-11-26)21(16)30-20(17)28-5/h7-10,19,27,29H,11-12H2,1-6H3,(H,28,30)(H,32,33)/t19-/m0/s1. The van der Waals surface area contributed by atoms with Crippen molar-refractivity contribution >= 4 is 45.9 Å².